The van der Waals surface area contributed by atoms with Gasteiger partial charge in [-0.1, -0.05) is 56.3 Å². The molecule has 4 aromatic rings. The number of imidazole rings is 1. The number of hydrogen-bond acceptors (Lipinski definition) is 4. The van der Waals surface area contributed by atoms with E-state index in [9.17, 15) is 5.11 Å². The molecular formula is C26H31N3OS. The molecule has 0 saturated heterocycles. The standard InChI is InChI=1S/C26H31N3OS/c1-3-21(4-2)29-25-13-12-19(17-27-24(18-30)20-9-6-5-7-10-20)15-23(25)28-26(29)16-22-11-8-14-31-22/h5-15,21,24,27,30H,3-4,16-18H2,1-2H3. The van der Waals surface area contributed by atoms with Gasteiger partial charge in [0.1, 0.15) is 5.82 Å². The Kier molecular flexibility index (Phi) is 7.17. The number of hydrogen-bond donors (Lipinski definition) is 2. The molecule has 0 aliphatic heterocycles. The summed E-state index contributed by atoms with van der Waals surface area (Å²) in [5.41, 5.74) is 4.55. The van der Waals surface area contributed by atoms with Crippen molar-refractivity contribution in [2.45, 2.75) is 51.7 Å². The summed E-state index contributed by atoms with van der Waals surface area (Å²) < 4.78 is 2.45. The number of fused-ring (bicyclic) bond motifs is 1. The second-order valence-corrected chi connectivity index (χ2v) is 9.01. The van der Waals surface area contributed by atoms with E-state index in [0.29, 0.717) is 12.6 Å². The van der Waals surface area contributed by atoms with E-state index in [2.05, 4.69) is 59.4 Å². The van der Waals surface area contributed by atoms with Gasteiger partial charge in [0, 0.05) is 23.9 Å². The molecule has 1 unspecified atom stereocenters. The molecule has 0 aliphatic carbocycles. The molecule has 0 radical (unpaired) electrons. The predicted octanol–water partition coefficient (Wildman–Crippen LogP) is 5.87. The van der Waals surface area contributed by atoms with Crippen molar-refractivity contribution >= 4 is 22.4 Å². The van der Waals surface area contributed by atoms with E-state index >= 15 is 0 Å². The van der Waals surface area contributed by atoms with Crippen molar-refractivity contribution in [2.75, 3.05) is 6.61 Å². The van der Waals surface area contributed by atoms with Gasteiger partial charge in [0.05, 0.1) is 23.7 Å². The molecule has 0 amide bonds. The van der Waals surface area contributed by atoms with Gasteiger partial charge in [-0.3, -0.25) is 0 Å². The van der Waals surface area contributed by atoms with Crippen LogP contribution in [0.3, 0.4) is 0 Å². The van der Waals surface area contributed by atoms with E-state index in [1.807, 2.05) is 30.3 Å². The number of thiophene rings is 1. The molecule has 4 nitrogen and oxygen atoms in total. The summed E-state index contributed by atoms with van der Waals surface area (Å²) in [6.45, 7) is 5.27. The van der Waals surface area contributed by atoms with Gasteiger partial charge >= 0.3 is 0 Å². The maximum absolute atomic E-state index is 9.83. The maximum atomic E-state index is 9.83. The van der Waals surface area contributed by atoms with E-state index in [-0.39, 0.29) is 12.6 Å². The van der Waals surface area contributed by atoms with Crippen LogP contribution >= 0.6 is 11.3 Å². The van der Waals surface area contributed by atoms with E-state index in [4.69, 9.17) is 4.98 Å². The minimum atomic E-state index is -0.0755. The topological polar surface area (TPSA) is 50.1 Å². The molecule has 2 heterocycles. The number of benzene rings is 2. The van der Waals surface area contributed by atoms with E-state index in [1.165, 1.54) is 16.0 Å². The van der Waals surface area contributed by atoms with Crippen molar-refractivity contribution in [3.8, 4) is 0 Å². The summed E-state index contributed by atoms with van der Waals surface area (Å²) >= 11 is 1.79. The fraction of sp³-hybridized carbons (Fsp3) is 0.346. The molecule has 0 aliphatic rings. The number of aromatic nitrogens is 2. The Balaban J connectivity index is 1.61. The zero-order valence-electron chi connectivity index (χ0n) is 18.3. The molecule has 0 saturated carbocycles. The van der Waals surface area contributed by atoms with Crippen LogP contribution in [0.1, 0.15) is 60.6 Å². The summed E-state index contributed by atoms with van der Waals surface area (Å²) in [5, 5.41) is 15.4. The minimum absolute atomic E-state index is 0.0700. The fourth-order valence-electron chi connectivity index (χ4n) is 4.27. The molecule has 0 spiro atoms. The summed E-state index contributed by atoms with van der Waals surface area (Å²) in [6, 6.07) is 21.4. The lowest BCUT2D eigenvalue weighted by molar-refractivity contribution is 0.243. The highest BCUT2D eigenvalue weighted by atomic mass is 32.1. The van der Waals surface area contributed by atoms with Crippen LogP contribution in [0.4, 0.5) is 0 Å². The molecule has 162 valence electrons. The van der Waals surface area contributed by atoms with Crippen molar-refractivity contribution in [1.29, 1.82) is 0 Å². The number of nitrogens with zero attached hydrogens (tertiary/aromatic N) is 2. The zero-order valence-corrected chi connectivity index (χ0v) is 19.1. The number of aliphatic hydroxyl groups excluding tert-OH is 1. The third kappa shape index (κ3) is 4.90. The molecule has 2 N–H and O–H groups in total. The summed E-state index contributed by atoms with van der Waals surface area (Å²) in [7, 11) is 0. The molecule has 0 bridgehead atoms. The van der Waals surface area contributed by atoms with Crippen molar-refractivity contribution in [3.63, 3.8) is 0 Å². The average molecular weight is 434 g/mol. The summed E-state index contributed by atoms with van der Waals surface area (Å²) in [6.07, 6.45) is 3.06. The fourth-order valence-corrected chi connectivity index (χ4v) is 4.97. The third-order valence-electron chi connectivity index (χ3n) is 5.98. The van der Waals surface area contributed by atoms with Crippen molar-refractivity contribution in [1.82, 2.24) is 14.9 Å². The molecule has 4 rings (SSSR count). The van der Waals surface area contributed by atoms with Gasteiger partial charge in [-0.05, 0) is 47.5 Å². The Hall–Kier alpha value is -2.47. The first-order valence-electron chi connectivity index (χ1n) is 11.1. The molecule has 31 heavy (non-hydrogen) atoms. The Morgan fingerprint density at radius 1 is 1.03 bits per heavy atom. The normalized spacial score (nSPS) is 12.6. The number of rotatable bonds is 10. The molecular weight excluding hydrogens is 402 g/mol. The van der Waals surface area contributed by atoms with Crippen LogP contribution in [0.15, 0.2) is 66.0 Å². The lowest BCUT2D eigenvalue weighted by Crippen LogP contribution is -2.23. The van der Waals surface area contributed by atoms with E-state index in [0.717, 1.165) is 36.2 Å². The number of nitrogens with one attached hydrogen (secondary N) is 1. The summed E-state index contributed by atoms with van der Waals surface area (Å²) in [5.74, 6) is 1.15. The first-order chi connectivity index (χ1) is 15.2. The van der Waals surface area contributed by atoms with Crippen molar-refractivity contribution < 1.29 is 5.11 Å². The molecule has 5 heteroatoms. The third-order valence-corrected chi connectivity index (χ3v) is 6.86. The van der Waals surface area contributed by atoms with E-state index in [1.54, 1.807) is 11.3 Å². The highest BCUT2D eigenvalue weighted by Crippen LogP contribution is 2.28. The first kappa shape index (κ1) is 21.8. The van der Waals surface area contributed by atoms with Crippen LogP contribution in [-0.4, -0.2) is 21.3 Å². The predicted molar refractivity (Wildman–Crippen MR) is 130 cm³/mol. The quantitative estimate of drug-likeness (QED) is 0.329. The van der Waals surface area contributed by atoms with Crippen LogP contribution in [0.25, 0.3) is 11.0 Å². The van der Waals surface area contributed by atoms with Crippen LogP contribution in [0.5, 0.6) is 0 Å². The Labute approximate surface area is 188 Å². The van der Waals surface area contributed by atoms with Gasteiger partial charge in [0.15, 0.2) is 0 Å². The van der Waals surface area contributed by atoms with Gasteiger partial charge < -0.3 is 15.0 Å². The molecule has 0 fully saturated rings. The highest BCUT2D eigenvalue weighted by molar-refractivity contribution is 7.09. The Bertz CT molecular complexity index is 1080. The van der Waals surface area contributed by atoms with Crippen LogP contribution in [-0.2, 0) is 13.0 Å². The smallest absolute Gasteiger partial charge is 0.115 e. The Morgan fingerprint density at radius 3 is 2.52 bits per heavy atom. The molecule has 1 atom stereocenters. The van der Waals surface area contributed by atoms with Gasteiger partial charge in [-0.15, -0.1) is 11.3 Å². The largest absolute Gasteiger partial charge is 0.394 e. The van der Waals surface area contributed by atoms with Crippen molar-refractivity contribution in [3.05, 3.63) is 87.9 Å². The lowest BCUT2D eigenvalue weighted by Gasteiger charge is -2.19. The van der Waals surface area contributed by atoms with Gasteiger partial charge in [-0.25, -0.2) is 4.98 Å². The SMILES string of the molecule is CCC(CC)n1c(Cc2cccs2)nc2cc(CNC(CO)c3ccccc3)ccc21. The van der Waals surface area contributed by atoms with Crippen LogP contribution in [0, 0.1) is 0 Å². The van der Waals surface area contributed by atoms with Crippen molar-refractivity contribution in [2.24, 2.45) is 0 Å². The van der Waals surface area contributed by atoms with Gasteiger partial charge in [0.25, 0.3) is 0 Å². The number of aliphatic hydroxyl groups is 1. The van der Waals surface area contributed by atoms with Crippen LogP contribution in [0.2, 0.25) is 0 Å². The van der Waals surface area contributed by atoms with Gasteiger partial charge in [-0.2, -0.15) is 0 Å². The van der Waals surface area contributed by atoms with E-state index < -0.39 is 0 Å². The highest BCUT2D eigenvalue weighted by Gasteiger charge is 2.18. The monoisotopic (exact) mass is 433 g/mol. The minimum Gasteiger partial charge on any atom is -0.394 e. The first-order valence-corrected chi connectivity index (χ1v) is 12.0. The molecule has 2 aromatic carbocycles. The zero-order chi connectivity index (χ0) is 21.6. The lowest BCUT2D eigenvalue weighted by atomic mass is 10.1. The molecule has 2 aromatic heterocycles. The van der Waals surface area contributed by atoms with Gasteiger partial charge in [0.2, 0.25) is 0 Å². The second-order valence-electron chi connectivity index (χ2n) is 7.97. The summed E-state index contributed by atoms with van der Waals surface area (Å²) in [4.78, 5) is 6.41. The second kappa shape index (κ2) is 10.2. The average Bonchev–Trinajstić information content (AvgIpc) is 3.44. The Morgan fingerprint density at radius 2 is 1.84 bits per heavy atom. The van der Waals surface area contributed by atoms with Crippen LogP contribution < -0.4 is 5.32 Å². The maximum Gasteiger partial charge on any atom is 0.115 e.